The van der Waals surface area contributed by atoms with Crippen LogP contribution in [0.1, 0.15) is 25.8 Å². The van der Waals surface area contributed by atoms with E-state index < -0.39 is 11.9 Å². The number of likely N-dealkylation sites (N-methyl/N-ethyl adjacent to an activating group) is 1. The number of nitrogens with one attached hydrogen (secondary N) is 1. The van der Waals surface area contributed by atoms with Crippen LogP contribution in [0.25, 0.3) is 6.08 Å². The van der Waals surface area contributed by atoms with Gasteiger partial charge in [0.1, 0.15) is 5.70 Å². The van der Waals surface area contributed by atoms with Crippen molar-refractivity contribution in [3.05, 3.63) is 28.4 Å². The second kappa shape index (κ2) is 6.91. The Hall–Kier alpha value is -2.21. The van der Waals surface area contributed by atoms with E-state index in [2.05, 4.69) is 5.32 Å². The molecular formula is C16H19ClN2O4. The van der Waals surface area contributed by atoms with E-state index in [1.165, 1.54) is 14.2 Å². The number of hydrogen-bond donors (Lipinski definition) is 1. The fourth-order valence-corrected chi connectivity index (χ4v) is 2.28. The minimum atomic E-state index is -0.462. The molecule has 124 valence electrons. The van der Waals surface area contributed by atoms with E-state index in [1.54, 1.807) is 18.2 Å². The van der Waals surface area contributed by atoms with Crippen LogP contribution in [0.2, 0.25) is 5.02 Å². The van der Waals surface area contributed by atoms with Crippen molar-refractivity contribution in [1.82, 2.24) is 10.2 Å². The molecule has 1 N–H and O–H groups in total. The van der Waals surface area contributed by atoms with Gasteiger partial charge in [-0.1, -0.05) is 18.5 Å². The molecule has 0 aromatic heterocycles. The summed E-state index contributed by atoms with van der Waals surface area (Å²) in [6.45, 7) is 3.95. The summed E-state index contributed by atoms with van der Waals surface area (Å²) in [5, 5.41) is 2.87. The monoisotopic (exact) mass is 338 g/mol. The number of benzene rings is 1. The molecule has 1 aromatic carbocycles. The van der Waals surface area contributed by atoms with Crippen molar-refractivity contribution in [2.75, 3.05) is 14.2 Å². The lowest BCUT2D eigenvalue weighted by Gasteiger charge is -2.17. The van der Waals surface area contributed by atoms with Gasteiger partial charge in [-0.3, -0.25) is 9.69 Å². The molecule has 2 rings (SSSR count). The third kappa shape index (κ3) is 3.59. The summed E-state index contributed by atoms with van der Waals surface area (Å²) < 4.78 is 11.1. The highest BCUT2D eigenvalue weighted by Gasteiger charge is 2.30. The van der Waals surface area contributed by atoms with Crippen LogP contribution < -0.4 is 14.8 Å². The number of rotatable bonds is 5. The zero-order valence-electron chi connectivity index (χ0n) is 13.5. The highest BCUT2D eigenvalue weighted by molar-refractivity contribution is 6.32. The molecule has 0 unspecified atom stereocenters. The van der Waals surface area contributed by atoms with E-state index in [9.17, 15) is 9.59 Å². The molecule has 7 heteroatoms. The number of carbonyl (C=O) groups is 2. The molecule has 1 aromatic rings. The SMILES string of the molecule is CC[C@H](C)Oc1c(Cl)cc(/C=C2/NC(=O)N(C)C2=O)cc1OC. The number of ether oxygens (including phenoxy) is 2. The van der Waals surface area contributed by atoms with Gasteiger partial charge in [-0.2, -0.15) is 0 Å². The zero-order chi connectivity index (χ0) is 17.1. The van der Waals surface area contributed by atoms with Crippen molar-refractivity contribution in [3.8, 4) is 11.5 Å². The largest absolute Gasteiger partial charge is 0.493 e. The molecule has 0 saturated carbocycles. The molecule has 0 bridgehead atoms. The van der Waals surface area contributed by atoms with Gasteiger partial charge in [0.15, 0.2) is 11.5 Å². The molecule has 1 fully saturated rings. The van der Waals surface area contributed by atoms with Gasteiger partial charge in [0.05, 0.1) is 18.2 Å². The lowest BCUT2D eigenvalue weighted by molar-refractivity contribution is -0.121. The minimum absolute atomic E-state index is 0.00467. The fraction of sp³-hybridized carbons (Fsp3) is 0.375. The van der Waals surface area contributed by atoms with Gasteiger partial charge in [-0.05, 0) is 37.1 Å². The van der Waals surface area contributed by atoms with E-state index in [4.69, 9.17) is 21.1 Å². The molecule has 1 atom stereocenters. The first kappa shape index (κ1) is 17.1. The van der Waals surface area contributed by atoms with Crippen molar-refractivity contribution < 1.29 is 19.1 Å². The Balaban J connectivity index is 2.37. The molecule has 0 aliphatic carbocycles. The Morgan fingerprint density at radius 2 is 2.09 bits per heavy atom. The van der Waals surface area contributed by atoms with Gasteiger partial charge in [-0.25, -0.2) is 4.79 Å². The van der Waals surface area contributed by atoms with E-state index in [1.807, 2.05) is 13.8 Å². The smallest absolute Gasteiger partial charge is 0.328 e. The predicted molar refractivity (Wildman–Crippen MR) is 87.7 cm³/mol. The summed E-state index contributed by atoms with van der Waals surface area (Å²) in [6, 6.07) is 2.90. The first-order chi connectivity index (χ1) is 10.9. The second-order valence-electron chi connectivity index (χ2n) is 5.22. The molecule has 6 nitrogen and oxygen atoms in total. The van der Waals surface area contributed by atoms with Crippen LogP contribution in [0.3, 0.4) is 0 Å². The molecular weight excluding hydrogens is 320 g/mol. The number of methoxy groups -OCH3 is 1. The summed E-state index contributed by atoms with van der Waals surface area (Å²) in [4.78, 5) is 24.4. The van der Waals surface area contributed by atoms with Gasteiger partial charge in [0.25, 0.3) is 5.91 Å². The number of halogens is 1. The molecule has 1 saturated heterocycles. The minimum Gasteiger partial charge on any atom is -0.493 e. The molecule has 0 spiro atoms. The number of nitrogens with zero attached hydrogens (tertiary/aromatic N) is 1. The van der Waals surface area contributed by atoms with E-state index in [-0.39, 0.29) is 11.8 Å². The van der Waals surface area contributed by atoms with E-state index in [0.717, 1.165) is 11.3 Å². The summed E-state index contributed by atoms with van der Waals surface area (Å²) in [5.74, 6) is 0.532. The standard InChI is InChI=1S/C16H19ClN2O4/c1-5-9(2)23-14-11(17)6-10(8-13(14)22-4)7-12-15(20)19(3)16(21)18-12/h6-9H,5H2,1-4H3,(H,18,21)/b12-7+/t9-/m0/s1. The molecule has 0 radical (unpaired) electrons. The van der Waals surface area contributed by atoms with Crippen LogP contribution in [0.4, 0.5) is 4.79 Å². The second-order valence-corrected chi connectivity index (χ2v) is 5.63. The highest BCUT2D eigenvalue weighted by atomic mass is 35.5. The summed E-state index contributed by atoms with van der Waals surface area (Å²) in [6.07, 6.45) is 2.37. The fourth-order valence-electron chi connectivity index (χ4n) is 2.01. The van der Waals surface area contributed by atoms with Gasteiger partial charge in [0, 0.05) is 7.05 Å². The Morgan fingerprint density at radius 3 is 2.61 bits per heavy atom. The number of urea groups is 1. The lowest BCUT2D eigenvalue weighted by atomic mass is 10.1. The third-order valence-electron chi connectivity index (χ3n) is 3.54. The van der Waals surface area contributed by atoms with Crippen molar-refractivity contribution in [3.63, 3.8) is 0 Å². The molecule has 1 heterocycles. The number of hydrogen-bond acceptors (Lipinski definition) is 4. The average molecular weight is 339 g/mol. The maximum Gasteiger partial charge on any atom is 0.328 e. The number of carbonyl (C=O) groups excluding carboxylic acids is 2. The van der Waals surface area contributed by atoms with E-state index in [0.29, 0.717) is 22.1 Å². The molecule has 1 aliphatic heterocycles. The van der Waals surface area contributed by atoms with Crippen LogP contribution in [-0.2, 0) is 4.79 Å². The maximum atomic E-state index is 11.9. The maximum absolute atomic E-state index is 11.9. The van der Waals surface area contributed by atoms with Crippen LogP contribution in [0.5, 0.6) is 11.5 Å². The van der Waals surface area contributed by atoms with Crippen molar-refractivity contribution in [2.24, 2.45) is 0 Å². The Labute approximate surface area is 140 Å². The molecule has 23 heavy (non-hydrogen) atoms. The molecule has 1 aliphatic rings. The Kier molecular flexibility index (Phi) is 5.15. The summed E-state index contributed by atoms with van der Waals surface area (Å²) in [5.41, 5.74) is 0.813. The quantitative estimate of drug-likeness (QED) is 0.662. The van der Waals surface area contributed by atoms with Gasteiger partial charge in [-0.15, -0.1) is 0 Å². The van der Waals surface area contributed by atoms with Crippen LogP contribution in [0, 0.1) is 0 Å². The highest BCUT2D eigenvalue weighted by Crippen LogP contribution is 2.38. The summed E-state index contributed by atoms with van der Waals surface area (Å²) in [7, 11) is 2.93. The number of amides is 3. The predicted octanol–water partition coefficient (Wildman–Crippen LogP) is 3.05. The first-order valence-electron chi connectivity index (χ1n) is 7.22. The average Bonchev–Trinajstić information content (AvgIpc) is 2.76. The third-order valence-corrected chi connectivity index (χ3v) is 3.82. The van der Waals surface area contributed by atoms with Crippen molar-refractivity contribution >= 4 is 29.6 Å². The van der Waals surface area contributed by atoms with Crippen molar-refractivity contribution in [1.29, 1.82) is 0 Å². The van der Waals surface area contributed by atoms with Crippen LogP contribution >= 0.6 is 11.6 Å². The Bertz CT molecular complexity index is 672. The summed E-state index contributed by atoms with van der Waals surface area (Å²) >= 11 is 6.28. The van der Waals surface area contributed by atoms with Gasteiger partial charge < -0.3 is 14.8 Å². The topological polar surface area (TPSA) is 67.9 Å². The lowest BCUT2D eigenvalue weighted by Crippen LogP contribution is -2.25. The van der Waals surface area contributed by atoms with Crippen LogP contribution in [-0.4, -0.2) is 37.1 Å². The van der Waals surface area contributed by atoms with Crippen LogP contribution in [0.15, 0.2) is 17.8 Å². The van der Waals surface area contributed by atoms with Crippen molar-refractivity contribution in [2.45, 2.75) is 26.4 Å². The number of imide groups is 1. The van der Waals surface area contributed by atoms with Gasteiger partial charge >= 0.3 is 6.03 Å². The Morgan fingerprint density at radius 1 is 1.39 bits per heavy atom. The van der Waals surface area contributed by atoms with Gasteiger partial charge in [0.2, 0.25) is 0 Å². The van der Waals surface area contributed by atoms with E-state index >= 15 is 0 Å². The zero-order valence-corrected chi connectivity index (χ0v) is 14.2. The normalized spacial score (nSPS) is 17.4. The molecule has 3 amide bonds. The first-order valence-corrected chi connectivity index (χ1v) is 7.60.